The number of rotatable bonds is 8. The molecule has 2 fully saturated rings. The Labute approximate surface area is 185 Å². The van der Waals surface area contributed by atoms with Crippen molar-refractivity contribution in [1.82, 2.24) is 20.2 Å². The minimum atomic E-state index is 0.483. The normalized spacial score (nSPS) is 24.8. The summed E-state index contributed by atoms with van der Waals surface area (Å²) in [6.45, 7) is 6.14. The van der Waals surface area contributed by atoms with E-state index < -0.39 is 0 Å². The number of nitrogens with zero attached hydrogens (tertiary/aromatic N) is 4. The van der Waals surface area contributed by atoms with Crippen LogP contribution in [-0.4, -0.2) is 66.4 Å². The predicted octanol–water partition coefficient (Wildman–Crippen LogP) is 2.87. The van der Waals surface area contributed by atoms with E-state index in [0.717, 1.165) is 60.8 Å². The largest absolute Gasteiger partial charge is 0.388 e. The van der Waals surface area contributed by atoms with Gasteiger partial charge in [0.05, 0.1) is 22.9 Å². The second-order valence-corrected chi connectivity index (χ2v) is 9.08. The summed E-state index contributed by atoms with van der Waals surface area (Å²) in [6, 6.07) is 7.33. The lowest BCUT2D eigenvalue weighted by molar-refractivity contribution is 0.223. The zero-order chi connectivity index (χ0) is 21.8. The lowest BCUT2D eigenvalue weighted by atomic mass is 9.77. The van der Waals surface area contributed by atoms with E-state index in [9.17, 15) is 0 Å². The minimum absolute atomic E-state index is 0.483. The smallest absolute Gasteiger partial charge is 0.0922 e. The first kappa shape index (κ1) is 21.7. The second-order valence-electron chi connectivity index (χ2n) is 9.08. The summed E-state index contributed by atoms with van der Waals surface area (Å²) in [6.07, 6.45) is 9.75. The van der Waals surface area contributed by atoms with Gasteiger partial charge in [0.25, 0.3) is 0 Å². The monoisotopic (exact) mass is 421 g/mol. The van der Waals surface area contributed by atoms with Crippen molar-refractivity contribution < 1.29 is 0 Å². The molecular formula is C24H35N7. The van der Waals surface area contributed by atoms with Gasteiger partial charge in [0.2, 0.25) is 0 Å². The summed E-state index contributed by atoms with van der Waals surface area (Å²) in [4.78, 5) is 14.3. The number of nitrogens with two attached hydrogens (primary N) is 1. The van der Waals surface area contributed by atoms with Gasteiger partial charge >= 0.3 is 0 Å². The highest BCUT2D eigenvalue weighted by Gasteiger charge is 2.27. The highest BCUT2D eigenvalue weighted by atomic mass is 15.3. The van der Waals surface area contributed by atoms with Crippen LogP contribution < -0.4 is 16.0 Å². The van der Waals surface area contributed by atoms with Crippen LogP contribution in [-0.2, 0) is 0 Å². The average Bonchev–Trinajstić information content (AvgIpc) is 2.76. The van der Waals surface area contributed by atoms with Gasteiger partial charge in [-0.25, -0.2) is 4.98 Å². The maximum Gasteiger partial charge on any atom is 0.0922 e. The van der Waals surface area contributed by atoms with Crippen molar-refractivity contribution in [2.75, 3.05) is 38.1 Å². The fraction of sp³-hybridized carbons (Fsp3) is 0.542. The van der Waals surface area contributed by atoms with E-state index in [0.29, 0.717) is 12.1 Å². The molecule has 1 aliphatic carbocycles. The summed E-state index contributed by atoms with van der Waals surface area (Å²) in [5, 5.41) is 11.3. The SMILES string of the molecule is CC1CN(c2ccc3ncc(/C(C=N)=C/NC4CC(CCCN)C4)nc3c2)CCN1C. The fourth-order valence-corrected chi connectivity index (χ4v) is 4.53. The van der Waals surface area contributed by atoms with E-state index in [1.54, 1.807) is 6.20 Å². The summed E-state index contributed by atoms with van der Waals surface area (Å²) >= 11 is 0. The van der Waals surface area contributed by atoms with Crippen molar-refractivity contribution in [3.8, 4) is 0 Å². The van der Waals surface area contributed by atoms with Crippen LogP contribution in [0.25, 0.3) is 16.6 Å². The number of anilines is 1. The van der Waals surface area contributed by atoms with E-state index in [1.165, 1.54) is 31.2 Å². The van der Waals surface area contributed by atoms with Gasteiger partial charge in [-0.05, 0) is 70.3 Å². The molecule has 31 heavy (non-hydrogen) atoms. The van der Waals surface area contributed by atoms with Crippen LogP contribution in [0.4, 0.5) is 5.69 Å². The van der Waals surface area contributed by atoms with Gasteiger partial charge in [0.15, 0.2) is 0 Å². The molecule has 0 amide bonds. The molecule has 1 saturated heterocycles. The van der Waals surface area contributed by atoms with Crippen molar-refractivity contribution in [1.29, 1.82) is 5.41 Å². The van der Waals surface area contributed by atoms with Gasteiger partial charge < -0.3 is 26.3 Å². The molecule has 0 spiro atoms. The number of fused-ring (bicyclic) bond motifs is 1. The summed E-state index contributed by atoms with van der Waals surface area (Å²) in [5.74, 6) is 0.786. The van der Waals surface area contributed by atoms with Crippen LogP contribution >= 0.6 is 0 Å². The Morgan fingerprint density at radius 1 is 1.29 bits per heavy atom. The Hall–Kier alpha value is -2.51. The summed E-state index contributed by atoms with van der Waals surface area (Å²) < 4.78 is 0. The van der Waals surface area contributed by atoms with Crippen molar-refractivity contribution in [2.24, 2.45) is 11.7 Å². The van der Waals surface area contributed by atoms with Crippen LogP contribution in [0.3, 0.4) is 0 Å². The molecule has 7 nitrogen and oxygen atoms in total. The molecule has 0 bridgehead atoms. The summed E-state index contributed by atoms with van der Waals surface area (Å²) in [7, 11) is 2.18. The Morgan fingerprint density at radius 3 is 2.87 bits per heavy atom. The Bertz CT molecular complexity index is 935. The van der Waals surface area contributed by atoms with Gasteiger partial charge in [-0.15, -0.1) is 0 Å². The quantitative estimate of drug-likeness (QED) is 0.568. The molecule has 1 aromatic carbocycles. The zero-order valence-electron chi connectivity index (χ0n) is 18.7. The van der Waals surface area contributed by atoms with Crippen molar-refractivity contribution >= 4 is 28.5 Å². The van der Waals surface area contributed by atoms with Crippen LogP contribution in [0.1, 0.15) is 38.3 Å². The van der Waals surface area contributed by atoms with Crippen LogP contribution in [0.15, 0.2) is 30.6 Å². The van der Waals surface area contributed by atoms with Crippen LogP contribution in [0, 0.1) is 11.3 Å². The standard InChI is InChI=1S/C24H35N7/c1-17-16-31(9-8-30(17)2)21-5-6-22-23(12-21)29-24(15-28-22)19(13-26)14-27-20-10-18(11-20)4-3-7-25/h5-6,12-15,17-18,20,26-27H,3-4,7-11,16,25H2,1-2H3/b19-14+,26-13?. The Balaban J connectivity index is 1.46. The molecule has 1 aliphatic heterocycles. The van der Waals surface area contributed by atoms with Crippen LogP contribution in [0.2, 0.25) is 0 Å². The van der Waals surface area contributed by atoms with E-state index >= 15 is 0 Å². The highest BCUT2D eigenvalue weighted by molar-refractivity contribution is 6.07. The molecule has 4 rings (SSSR count). The molecule has 0 radical (unpaired) electrons. The maximum atomic E-state index is 7.87. The van der Waals surface area contributed by atoms with E-state index in [2.05, 4.69) is 46.2 Å². The molecule has 7 heteroatoms. The Morgan fingerprint density at radius 2 is 2.13 bits per heavy atom. The number of allylic oxidation sites excluding steroid dienone is 1. The third kappa shape index (κ3) is 5.05. The third-order valence-corrected chi connectivity index (χ3v) is 6.83. The first-order valence-electron chi connectivity index (χ1n) is 11.5. The van der Waals surface area contributed by atoms with Crippen molar-refractivity contribution in [3.05, 3.63) is 36.3 Å². The molecule has 166 valence electrons. The van der Waals surface area contributed by atoms with Gasteiger partial charge in [-0.2, -0.15) is 0 Å². The van der Waals surface area contributed by atoms with Crippen LogP contribution in [0.5, 0.6) is 0 Å². The number of aromatic nitrogens is 2. The lowest BCUT2D eigenvalue weighted by Crippen LogP contribution is -2.50. The zero-order valence-corrected chi connectivity index (χ0v) is 18.7. The number of benzene rings is 1. The number of nitrogens with one attached hydrogen (secondary N) is 2. The molecule has 1 atom stereocenters. The molecular weight excluding hydrogens is 386 g/mol. The van der Waals surface area contributed by atoms with Crippen molar-refractivity contribution in [3.63, 3.8) is 0 Å². The van der Waals surface area contributed by atoms with Gasteiger partial charge in [0, 0.05) is 55.4 Å². The topological polar surface area (TPSA) is 94.2 Å². The first-order valence-corrected chi connectivity index (χ1v) is 11.5. The second kappa shape index (κ2) is 9.75. The average molecular weight is 422 g/mol. The highest BCUT2D eigenvalue weighted by Crippen LogP contribution is 2.31. The van der Waals surface area contributed by atoms with E-state index in [-0.39, 0.29) is 0 Å². The molecule has 4 N–H and O–H groups in total. The maximum absolute atomic E-state index is 7.87. The van der Waals surface area contributed by atoms with Gasteiger partial charge in [-0.1, -0.05) is 0 Å². The van der Waals surface area contributed by atoms with E-state index in [1.807, 2.05) is 12.3 Å². The summed E-state index contributed by atoms with van der Waals surface area (Å²) in [5.41, 5.74) is 10.1. The number of likely N-dealkylation sites (N-methyl/N-ethyl adjacent to an activating group) is 1. The molecule has 1 unspecified atom stereocenters. The lowest BCUT2D eigenvalue weighted by Gasteiger charge is -2.39. The number of hydrogen-bond acceptors (Lipinski definition) is 7. The Kier molecular flexibility index (Phi) is 6.83. The predicted molar refractivity (Wildman–Crippen MR) is 129 cm³/mol. The van der Waals surface area contributed by atoms with Crippen molar-refractivity contribution in [2.45, 2.75) is 44.7 Å². The van der Waals surface area contributed by atoms with Gasteiger partial charge in [0.1, 0.15) is 0 Å². The molecule has 1 saturated carbocycles. The fourth-order valence-electron chi connectivity index (χ4n) is 4.53. The molecule has 2 aliphatic rings. The first-order chi connectivity index (χ1) is 15.1. The van der Waals surface area contributed by atoms with E-state index in [4.69, 9.17) is 16.1 Å². The molecule has 2 aromatic rings. The number of hydrogen-bond donors (Lipinski definition) is 3. The number of piperazine rings is 1. The third-order valence-electron chi connectivity index (χ3n) is 6.83. The molecule has 2 heterocycles. The minimum Gasteiger partial charge on any atom is -0.388 e. The van der Waals surface area contributed by atoms with Gasteiger partial charge in [-0.3, -0.25) is 4.98 Å². The molecule has 1 aromatic heterocycles.